The Kier molecular flexibility index (Phi) is 4.23. The maximum atomic E-state index is 8.87. The molecule has 0 aromatic heterocycles. The molecule has 0 N–H and O–H groups in total. The molecule has 0 aliphatic rings. The van der Waals surface area contributed by atoms with Crippen molar-refractivity contribution in [1.82, 2.24) is 0 Å². The predicted octanol–water partition coefficient (Wildman–Crippen LogP) is 4.03. The van der Waals surface area contributed by atoms with Crippen LogP contribution < -0.4 is 0 Å². The number of rotatable bonds is 4. The van der Waals surface area contributed by atoms with E-state index in [1.165, 1.54) is 10.5 Å². The van der Waals surface area contributed by atoms with Gasteiger partial charge in [-0.1, -0.05) is 17.7 Å². The standard InChI is InChI=1S/C13H17NS/c1-11-4-6-12(7-5-11)15-9-8-13(2,3)10-14/h4-7H,8-9H2,1-3H3. The van der Waals surface area contributed by atoms with Gasteiger partial charge < -0.3 is 0 Å². The number of nitriles is 1. The summed E-state index contributed by atoms with van der Waals surface area (Å²) in [5.74, 6) is 1.00. The molecule has 1 aromatic carbocycles. The van der Waals surface area contributed by atoms with Crippen LogP contribution in [0.3, 0.4) is 0 Å². The van der Waals surface area contributed by atoms with E-state index < -0.39 is 0 Å². The van der Waals surface area contributed by atoms with Crippen molar-refractivity contribution in [3.8, 4) is 6.07 Å². The third-order valence-electron chi connectivity index (χ3n) is 2.32. The van der Waals surface area contributed by atoms with Crippen LogP contribution in [0.2, 0.25) is 0 Å². The minimum atomic E-state index is -0.197. The molecule has 0 bridgehead atoms. The molecule has 0 unspecified atom stereocenters. The van der Waals surface area contributed by atoms with Gasteiger partial charge in [0.15, 0.2) is 0 Å². The van der Waals surface area contributed by atoms with Crippen LogP contribution in [-0.2, 0) is 0 Å². The average molecular weight is 219 g/mol. The SMILES string of the molecule is Cc1ccc(SCCC(C)(C)C#N)cc1. The largest absolute Gasteiger partial charge is 0.198 e. The Morgan fingerprint density at radius 1 is 1.27 bits per heavy atom. The van der Waals surface area contributed by atoms with Crippen LogP contribution in [-0.4, -0.2) is 5.75 Å². The van der Waals surface area contributed by atoms with Gasteiger partial charge >= 0.3 is 0 Å². The number of hydrogen-bond donors (Lipinski definition) is 0. The Hall–Kier alpha value is -0.940. The van der Waals surface area contributed by atoms with Gasteiger partial charge in [0.1, 0.15) is 0 Å². The first-order valence-corrected chi connectivity index (χ1v) is 6.13. The van der Waals surface area contributed by atoms with E-state index in [0.717, 1.165) is 12.2 Å². The third kappa shape index (κ3) is 4.40. The summed E-state index contributed by atoms with van der Waals surface area (Å²) in [7, 11) is 0. The first-order valence-electron chi connectivity index (χ1n) is 5.14. The zero-order chi connectivity index (χ0) is 11.3. The average Bonchev–Trinajstić information content (AvgIpc) is 2.21. The molecule has 2 heteroatoms. The van der Waals surface area contributed by atoms with E-state index in [-0.39, 0.29) is 5.41 Å². The Bertz CT molecular complexity index is 346. The minimum absolute atomic E-state index is 0.197. The van der Waals surface area contributed by atoms with Crippen molar-refractivity contribution >= 4 is 11.8 Å². The van der Waals surface area contributed by atoms with Crippen molar-refractivity contribution in [2.45, 2.75) is 32.1 Å². The molecule has 0 spiro atoms. The van der Waals surface area contributed by atoms with E-state index >= 15 is 0 Å². The summed E-state index contributed by atoms with van der Waals surface area (Å²) in [6, 6.07) is 10.8. The van der Waals surface area contributed by atoms with E-state index in [9.17, 15) is 0 Å². The van der Waals surface area contributed by atoms with E-state index in [0.29, 0.717) is 0 Å². The summed E-state index contributed by atoms with van der Waals surface area (Å²) in [4.78, 5) is 1.29. The van der Waals surface area contributed by atoms with Crippen molar-refractivity contribution in [1.29, 1.82) is 5.26 Å². The quantitative estimate of drug-likeness (QED) is 0.714. The van der Waals surface area contributed by atoms with Crippen molar-refractivity contribution in [3.63, 3.8) is 0 Å². The monoisotopic (exact) mass is 219 g/mol. The maximum Gasteiger partial charge on any atom is 0.0684 e. The van der Waals surface area contributed by atoms with E-state index in [2.05, 4.69) is 37.3 Å². The topological polar surface area (TPSA) is 23.8 Å². The molecule has 0 fully saturated rings. The lowest BCUT2D eigenvalue weighted by Crippen LogP contribution is -2.08. The van der Waals surface area contributed by atoms with Crippen LogP contribution in [0.15, 0.2) is 29.2 Å². The van der Waals surface area contributed by atoms with Gasteiger partial charge in [-0.15, -0.1) is 11.8 Å². The first-order chi connectivity index (χ1) is 7.03. The zero-order valence-electron chi connectivity index (χ0n) is 9.58. The number of nitrogens with zero attached hydrogens (tertiary/aromatic N) is 1. The lowest BCUT2D eigenvalue weighted by Gasteiger charge is -2.13. The number of benzene rings is 1. The third-order valence-corrected chi connectivity index (χ3v) is 3.33. The number of hydrogen-bond acceptors (Lipinski definition) is 2. The fourth-order valence-electron chi connectivity index (χ4n) is 1.11. The fraction of sp³-hybridized carbons (Fsp3) is 0.462. The summed E-state index contributed by atoms with van der Waals surface area (Å²) in [5, 5.41) is 8.87. The summed E-state index contributed by atoms with van der Waals surface area (Å²) >= 11 is 1.82. The highest BCUT2D eigenvalue weighted by atomic mass is 32.2. The Morgan fingerprint density at radius 2 is 1.87 bits per heavy atom. The Labute approximate surface area is 96.5 Å². The smallest absolute Gasteiger partial charge is 0.0684 e. The van der Waals surface area contributed by atoms with Gasteiger partial charge in [0.05, 0.1) is 11.5 Å². The van der Waals surface area contributed by atoms with E-state index in [1.807, 2.05) is 25.6 Å². The lowest BCUT2D eigenvalue weighted by molar-refractivity contribution is 0.482. The molecule has 15 heavy (non-hydrogen) atoms. The molecule has 0 saturated heterocycles. The van der Waals surface area contributed by atoms with Gasteiger partial charge in [-0.05, 0) is 45.1 Å². The molecule has 0 radical (unpaired) electrons. The molecular weight excluding hydrogens is 202 g/mol. The first kappa shape index (κ1) is 12.1. The second-order valence-electron chi connectivity index (χ2n) is 4.41. The molecule has 0 heterocycles. The molecule has 0 aliphatic carbocycles. The fourth-order valence-corrected chi connectivity index (χ4v) is 2.29. The van der Waals surface area contributed by atoms with E-state index in [4.69, 9.17) is 5.26 Å². The lowest BCUT2D eigenvalue weighted by atomic mass is 9.93. The molecular formula is C13H17NS. The van der Waals surface area contributed by atoms with Gasteiger partial charge in [-0.25, -0.2) is 0 Å². The molecule has 1 aromatic rings. The second-order valence-corrected chi connectivity index (χ2v) is 5.58. The van der Waals surface area contributed by atoms with Gasteiger partial charge in [-0.2, -0.15) is 5.26 Å². The molecule has 0 saturated carbocycles. The van der Waals surface area contributed by atoms with Gasteiger partial charge in [0.2, 0.25) is 0 Å². The van der Waals surface area contributed by atoms with E-state index in [1.54, 1.807) is 0 Å². The number of thioether (sulfide) groups is 1. The molecule has 1 rings (SSSR count). The Balaban J connectivity index is 2.39. The van der Waals surface area contributed by atoms with Crippen molar-refractivity contribution in [2.24, 2.45) is 5.41 Å². The summed E-state index contributed by atoms with van der Waals surface area (Å²) < 4.78 is 0. The van der Waals surface area contributed by atoms with Crippen molar-refractivity contribution in [2.75, 3.05) is 5.75 Å². The Morgan fingerprint density at radius 3 is 2.40 bits per heavy atom. The molecule has 0 amide bonds. The predicted molar refractivity (Wildman–Crippen MR) is 65.9 cm³/mol. The second kappa shape index (κ2) is 5.23. The molecule has 80 valence electrons. The summed E-state index contributed by atoms with van der Waals surface area (Å²) in [6.07, 6.45) is 0.933. The minimum Gasteiger partial charge on any atom is -0.198 e. The van der Waals surface area contributed by atoms with Crippen molar-refractivity contribution < 1.29 is 0 Å². The van der Waals surface area contributed by atoms with Crippen LogP contribution in [0.4, 0.5) is 0 Å². The van der Waals surface area contributed by atoms with Crippen LogP contribution in [0.5, 0.6) is 0 Å². The van der Waals surface area contributed by atoms with Crippen LogP contribution in [0, 0.1) is 23.7 Å². The highest BCUT2D eigenvalue weighted by Gasteiger charge is 2.15. The normalized spacial score (nSPS) is 11.1. The zero-order valence-corrected chi connectivity index (χ0v) is 10.4. The molecule has 0 aliphatic heterocycles. The van der Waals surface area contributed by atoms with Crippen LogP contribution in [0.1, 0.15) is 25.8 Å². The van der Waals surface area contributed by atoms with Crippen LogP contribution >= 0.6 is 11.8 Å². The van der Waals surface area contributed by atoms with Gasteiger partial charge in [-0.3, -0.25) is 0 Å². The van der Waals surface area contributed by atoms with Gasteiger partial charge in [0, 0.05) is 4.90 Å². The van der Waals surface area contributed by atoms with Crippen molar-refractivity contribution in [3.05, 3.63) is 29.8 Å². The summed E-state index contributed by atoms with van der Waals surface area (Å²) in [5.41, 5.74) is 1.09. The molecule has 1 nitrogen and oxygen atoms in total. The van der Waals surface area contributed by atoms with Crippen LogP contribution in [0.25, 0.3) is 0 Å². The highest BCUT2D eigenvalue weighted by molar-refractivity contribution is 7.99. The maximum absolute atomic E-state index is 8.87. The van der Waals surface area contributed by atoms with Gasteiger partial charge in [0.25, 0.3) is 0 Å². The number of aryl methyl sites for hydroxylation is 1. The highest BCUT2D eigenvalue weighted by Crippen LogP contribution is 2.25. The molecule has 0 atom stereocenters. The summed E-state index contributed by atoms with van der Waals surface area (Å²) in [6.45, 7) is 6.07.